The van der Waals surface area contributed by atoms with Gasteiger partial charge in [0.2, 0.25) is 0 Å². The Bertz CT molecular complexity index is 478. The predicted octanol–water partition coefficient (Wildman–Crippen LogP) is 1.78. The summed E-state index contributed by atoms with van der Waals surface area (Å²) in [6, 6.07) is 5.12. The molecule has 0 aliphatic carbocycles. The lowest BCUT2D eigenvalue weighted by atomic mass is 9.98. The molecule has 18 heavy (non-hydrogen) atoms. The first-order valence-corrected chi connectivity index (χ1v) is 6.52. The Hall–Kier alpha value is -1.43. The number of amides is 1. The standard InChI is InChI=1S/C12H13BrN2O3/c13-10-5-1-4-9(14-10)11(16)15-6-2-3-8(7-15)12(17)18/h1,4-5,8H,2-3,6-7H2,(H,17,18)/t8-/m1/s1. The van der Waals surface area contributed by atoms with Crippen LogP contribution < -0.4 is 0 Å². The van der Waals surface area contributed by atoms with Crippen LogP contribution in [0.2, 0.25) is 0 Å². The van der Waals surface area contributed by atoms with E-state index in [1.54, 1.807) is 23.1 Å². The Balaban J connectivity index is 2.11. The van der Waals surface area contributed by atoms with Crippen molar-refractivity contribution in [3.05, 3.63) is 28.5 Å². The van der Waals surface area contributed by atoms with Gasteiger partial charge in [0.05, 0.1) is 5.92 Å². The largest absolute Gasteiger partial charge is 0.481 e. The Kier molecular flexibility index (Phi) is 3.96. The summed E-state index contributed by atoms with van der Waals surface area (Å²) in [5.74, 6) is -1.51. The average molecular weight is 313 g/mol. The summed E-state index contributed by atoms with van der Waals surface area (Å²) < 4.78 is 0.597. The average Bonchev–Trinajstić information content (AvgIpc) is 2.38. The molecule has 1 aromatic heterocycles. The number of rotatable bonds is 2. The zero-order valence-corrected chi connectivity index (χ0v) is 11.3. The van der Waals surface area contributed by atoms with Crippen LogP contribution in [0.3, 0.4) is 0 Å². The van der Waals surface area contributed by atoms with Gasteiger partial charge in [-0.3, -0.25) is 9.59 Å². The molecule has 1 N–H and O–H groups in total. The van der Waals surface area contributed by atoms with E-state index in [2.05, 4.69) is 20.9 Å². The number of hydrogen-bond acceptors (Lipinski definition) is 3. The molecule has 0 saturated carbocycles. The maximum atomic E-state index is 12.2. The van der Waals surface area contributed by atoms with Crippen molar-refractivity contribution in [2.45, 2.75) is 12.8 Å². The van der Waals surface area contributed by atoms with Crippen molar-refractivity contribution in [2.75, 3.05) is 13.1 Å². The van der Waals surface area contributed by atoms with Crippen LogP contribution in [0, 0.1) is 5.92 Å². The van der Waals surface area contributed by atoms with E-state index in [0.717, 1.165) is 6.42 Å². The summed E-state index contributed by atoms with van der Waals surface area (Å²) in [5, 5.41) is 8.99. The molecule has 1 saturated heterocycles. The Morgan fingerprint density at radius 3 is 2.89 bits per heavy atom. The number of pyridine rings is 1. The number of carboxylic acid groups (broad SMARTS) is 1. The minimum absolute atomic E-state index is 0.206. The summed E-state index contributed by atoms with van der Waals surface area (Å²) in [4.78, 5) is 28.8. The van der Waals surface area contributed by atoms with E-state index >= 15 is 0 Å². The van der Waals surface area contributed by atoms with Gasteiger partial charge in [0.25, 0.3) is 5.91 Å². The summed E-state index contributed by atoms with van der Waals surface area (Å²) in [6.45, 7) is 0.860. The molecule has 1 aliphatic heterocycles. The van der Waals surface area contributed by atoms with Crippen molar-refractivity contribution < 1.29 is 14.7 Å². The first-order chi connectivity index (χ1) is 8.58. The maximum absolute atomic E-state index is 12.2. The zero-order valence-electron chi connectivity index (χ0n) is 9.67. The van der Waals surface area contributed by atoms with Gasteiger partial charge in [-0.15, -0.1) is 0 Å². The van der Waals surface area contributed by atoms with Crippen molar-refractivity contribution in [3.8, 4) is 0 Å². The second-order valence-corrected chi connectivity index (χ2v) is 5.09. The van der Waals surface area contributed by atoms with Crippen LogP contribution in [-0.4, -0.2) is 40.0 Å². The number of aliphatic carboxylic acids is 1. The molecule has 0 aromatic carbocycles. The second kappa shape index (κ2) is 5.48. The van der Waals surface area contributed by atoms with Crippen molar-refractivity contribution in [1.29, 1.82) is 0 Å². The predicted molar refractivity (Wildman–Crippen MR) is 68.2 cm³/mol. The molecule has 2 heterocycles. The van der Waals surface area contributed by atoms with Gasteiger partial charge < -0.3 is 10.0 Å². The van der Waals surface area contributed by atoms with E-state index in [4.69, 9.17) is 5.11 Å². The number of halogens is 1. The van der Waals surface area contributed by atoms with Crippen molar-refractivity contribution >= 4 is 27.8 Å². The Morgan fingerprint density at radius 2 is 2.22 bits per heavy atom. The van der Waals surface area contributed by atoms with Crippen molar-refractivity contribution in [2.24, 2.45) is 5.92 Å². The molecular weight excluding hydrogens is 300 g/mol. The number of nitrogens with zero attached hydrogens (tertiary/aromatic N) is 2. The van der Waals surface area contributed by atoms with Gasteiger partial charge in [-0.05, 0) is 40.9 Å². The zero-order chi connectivity index (χ0) is 13.1. The van der Waals surface area contributed by atoms with E-state index in [9.17, 15) is 9.59 Å². The maximum Gasteiger partial charge on any atom is 0.308 e. The third-order valence-electron chi connectivity index (χ3n) is 2.99. The first kappa shape index (κ1) is 13.0. The Labute approximate surface area is 113 Å². The van der Waals surface area contributed by atoms with Gasteiger partial charge in [0.15, 0.2) is 0 Å². The van der Waals surface area contributed by atoms with Crippen LogP contribution >= 0.6 is 15.9 Å². The van der Waals surface area contributed by atoms with E-state index in [1.807, 2.05) is 0 Å². The van der Waals surface area contributed by atoms with Crippen LogP contribution in [0.1, 0.15) is 23.3 Å². The van der Waals surface area contributed by atoms with Gasteiger partial charge in [-0.1, -0.05) is 6.07 Å². The molecule has 1 aliphatic rings. The van der Waals surface area contributed by atoms with Crippen LogP contribution in [0.25, 0.3) is 0 Å². The summed E-state index contributed by atoms with van der Waals surface area (Å²) in [5.41, 5.74) is 0.343. The van der Waals surface area contributed by atoms with Crippen molar-refractivity contribution in [1.82, 2.24) is 9.88 Å². The quantitative estimate of drug-likeness (QED) is 0.845. The molecular formula is C12H13BrN2O3. The topological polar surface area (TPSA) is 70.5 Å². The number of carbonyl (C=O) groups is 2. The second-order valence-electron chi connectivity index (χ2n) is 4.27. The number of carbonyl (C=O) groups excluding carboxylic acids is 1. The monoisotopic (exact) mass is 312 g/mol. The SMILES string of the molecule is O=C(O)[C@@H]1CCCN(C(=O)c2cccc(Br)n2)C1. The van der Waals surface area contributed by atoms with Gasteiger partial charge >= 0.3 is 5.97 Å². The molecule has 2 rings (SSSR count). The van der Waals surface area contributed by atoms with Gasteiger partial charge in [0.1, 0.15) is 10.3 Å². The van der Waals surface area contributed by atoms with E-state index < -0.39 is 11.9 Å². The van der Waals surface area contributed by atoms with Crippen molar-refractivity contribution in [3.63, 3.8) is 0 Å². The highest BCUT2D eigenvalue weighted by Crippen LogP contribution is 2.18. The molecule has 0 radical (unpaired) electrons. The van der Waals surface area contributed by atoms with Crippen LogP contribution in [0.5, 0.6) is 0 Å². The number of carboxylic acids is 1. The molecule has 0 unspecified atom stereocenters. The molecule has 6 heteroatoms. The van der Waals surface area contributed by atoms with E-state index in [-0.39, 0.29) is 12.5 Å². The third-order valence-corrected chi connectivity index (χ3v) is 3.43. The molecule has 1 atom stereocenters. The highest BCUT2D eigenvalue weighted by Gasteiger charge is 2.29. The smallest absolute Gasteiger partial charge is 0.308 e. The number of likely N-dealkylation sites (tertiary alicyclic amines) is 1. The molecule has 1 amide bonds. The van der Waals surface area contributed by atoms with Crippen LogP contribution in [0.15, 0.2) is 22.8 Å². The fourth-order valence-electron chi connectivity index (χ4n) is 2.05. The fourth-order valence-corrected chi connectivity index (χ4v) is 2.40. The molecule has 96 valence electrons. The summed E-state index contributed by atoms with van der Waals surface area (Å²) in [7, 11) is 0. The summed E-state index contributed by atoms with van der Waals surface area (Å²) in [6.07, 6.45) is 1.35. The molecule has 5 nitrogen and oxygen atoms in total. The van der Waals surface area contributed by atoms with Gasteiger partial charge in [0, 0.05) is 13.1 Å². The highest BCUT2D eigenvalue weighted by molar-refractivity contribution is 9.10. The van der Waals surface area contributed by atoms with Gasteiger partial charge in [-0.2, -0.15) is 0 Å². The lowest BCUT2D eigenvalue weighted by molar-refractivity contribution is -0.143. The first-order valence-electron chi connectivity index (χ1n) is 5.72. The lowest BCUT2D eigenvalue weighted by Gasteiger charge is -2.30. The molecule has 0 bridgehead atoms. The van der Waals surface area contributed by atoms with E-state index in [1.165, 1.54) is 0 Å². The van der Waals surface area contributed by atoms with Gasteiger partial charge in [-0.25, -0.2) is 4.98 Å². The molecule has 1 aromatic rings. The van der Waals surface area contributed by atoms with Crippen LogP contribution in [0.4, 0.5) is 0 Å². The minimum atomic E-state index is -0.838. The number of hydrogen-bond donors (Lipinski definition) is 1. The summed E-state index contributed by atoms with van der Waals surface area (Å²) >= 11 is 3.21. The number of aromatic nitrogens is 1. The Morgan fingerprint density at radius 1 is 1.44 bits per heavy atom. The normalized spacial score (nSPS) is 19.6. The van der Waals surface area contributed by atoms with E-state index in [0.29, 0.717) is 23.3 Å². The minimum Gasteiger partial charge on any atom is -0.481 e. The molecule has 0 spiro atoms. The molecule has 1 fully saturated rings. The fraction of sp³-hybridized carbons (Fsp3) is 0.417. The highest BCUT2D eigenvalue weighted by atomic mass is 79.9. The third kappa shape index (κ3) is 2.87. The number of piperidine rings is 1. The van der Waals surface area contributed by atoms with Crippen LogP contribution in [-0.2, 0) is 4.79 Å². The lowest BCUT2D eigenvalue weighted by Crippen LogP contribution is -2.42.